The molecule has 0 atom stereocenters. The number of carbonyl (C=O) groups excluding carboxylic acids is 1. The first-order valence-corrected chi connectivity index (χ1v) is 7.22. The van der Waals surface area contributed by atoms with Crippen molar-refractivity contribution in [3.8, 4) is 5.75 Å². The molecule has 2 N–H and O–H groups in total. The Morgan fingerprint density at radius 3 is 2.55 bits per heavy atom. The highest BCUT2D eigenvalue weighted by atomic mass is 16.5. The van der Waals surface area contributed by atoms with Crippen LogP contribution in [0, 0.1) is 0 Å². The fraction of sp³-hybridized carbons (Fsp3) is 0.438. The first-order chi connectivity index (χ1) is 10.3. The topological polar surface area (TPSA) is 79.9 Å². The van der Waals surface area contributed by atoms with Gasteiger partial charge in [0.15, 0.2) is 11.6 Å². The summed E-state index contributed by atoms with van der Waals surface area (Å²) in [5.74, 6) is 1.84. The maximum atomic E-state index is 10.8. The monoisotopic (exact) mass is 302 g/mol. The van der Waals surface area contributed by atoms with Crippen molar-refractivity contribution < 1.29 is 9.53 Å². The molecule has 0 fully saturated rings. The zero-order valence-electron chi connectivity index (χ0n) is 13.4. The molecule has 2 aromatic rings. The summed E-state index contributed by atoms with van der Waals surface area (Å²) in [4.78, 5) is 15.1. The number of amides is 1. The van der Waals surface area contributed by atoms with Crippen molar-refractivity contribution in [2.75, 3.05) is 0 Å². The number of hydrogen-bond donors (Lipinski definition) is 2. The van der Waals surface area contributed by atoms with Crippen LogP contribution in [0.3, 0.4) is 0 Å². The summed E-state index contributed by atoms with van der Waals surface area (Å²) in [5, 5.41) is 9.46. The van der Waals surface area contributed by atoms with Gasteiger partial charge in [-0.15, -0.1) is 0 Å². The van der Waals surface area contributed by atoms with Gasteiger partial charge in [0.1, 0.15) is 12.4 Å². The highest BCUT2D eigenvalue weighted by molar-refractivity contribution is 5.72. The minimum absolute atomic E-state index is 0.110. The van der Waals surface area contributed by atoms with Gasteiger partial charge in [0.05, 0.1) is 6.54 Å². The maximum absolute atomic E-state index is 10.8. The highest BCUT2D eigenvalue weighted by Crippen LogP contribution is 2.24. The Labute approximate surface area is 130 Å². The van der Waals surface area contributed by atoms with E-state index in [4.69, 9.17) is 4.74 Å². The normalized spacial score (nSPS) is 11.3. The van der Waals surface area contributed by atoms with Crippen molar-refractivity contribution in [2.45, 2.75) is 46.3 Å². The molecule has 0 aliphatic heterocycles. The smallest absolute Gasteiger partial charge is 0.217 e. The van der Waals surface area contributed by atoms with E-state index < -0.39 is 0 Å². The third-order valence-electron chi connectivity index (χ3n) is 3.17. The van der Waals surface area contributed by atoms with Crippen LogP contribution in [0.25, 0.3) is 0 Å². The first kappa shape index (κ1) is 16.0. The lowest BCUT2D eigenvalue weighted by atomic mass is 9.87. The standard InChI is InChI=1S/C16H22N4O2/c1-11(21)17-9-14-18-15(20-19-14)10-22-13-7-5-12(6-8-13)16(2,3)4/h5-8H,9-10H2,1-4H3,(H,17,21)(H,18,19,20). The van der Waals surface area contributed by atoms with E-state index in [1.54, 1.807) is 0 Å². The average Bonchev–Trinajstić information content (AvgIpc) is 2.90. The van der Waals surface area contributed by atoms with Gasteiger partial charge >= 0.3 is 0 Å². The fourth-order valence-corrected chi connectivity index (χ4v) is 1.88. The zero-order valence-corrected chi connectivity index (χ0v) is 13.4. The van der Waals surface area contributed by atoms with Gasteiger partial charge in [-0.05, 0) is 23.1 Å². The third-order valence-corrected chi connectivity index (χ3v) is 3.17. The second-order valence-electron chi connectivity index (χ2n) is 6.17. The number of ether oxygens (including phenoxy) is 1. The van der Waals surface area contributed by atoms with Crippen LogP contribution in [-0.2, 0) is 23.4 Å². The van der Waals surface area contributed by atoms with Gasteiger partial charge in [-0.1, -0.05) is 32.9 Å². The molecule has 0 aliphatic rings. The summed E-state index contributed by atoms with van der Waals surface area (Å²) in [6, 6.07) is 8.04. The number of H-pyrrole nitrogens is 1. The van der Waals surface area contributed by atoms with E-state index in [2.05, 4.69) is 53.4 Å². The number of carbonyl (C=O) groups is 1. The molecular weight excluding hydrogens is 280 g/mol. The van der Waals surface area contributed by atoms with Crippen LogP contribution in [0.5, 0.6) is 5.75 Å². The Morgan fingerprint density at radius 2 is 1.95 bits per heavy atom. The maximum Gasteiger partial charge on any atom is 0.217 e. The van der Waals surface area contributed by atoms with Gasteiger partial charge in [0, 0.05) is 6.92 Å². The summed E-state index contributed by atoms with van der Waals surface area (Å²) >= 11 is 0. The molecule has 0 radical (unpaired) electrons. The van der Waals surface area contributed by atoms with Gasteiger partial charge in [0.25, 0.3) is 0 Å². The number of aromatic nitrogens is 3. The van der Waals surface area contributed by atoms with Gasteiger partial charge in [0.2, 0.25) is 5.91 Å². The van der Waals surface area contributed by atoms with E-state index in [1.165, 1.54) is 12.5 Å². The van der Waals surface area contributed by atoms with Crippen molar-refractivity contribution in [1.82, 2.24) is 20.5 Å². The molecule has 2 rings (SSSR count). The van der Waals surface area contributed by atoms with Gasteiger partial charge in [-0.3, -0.25) is 9.89 Å². The van der Waals surface area contributed by atoms with E-state index in [0.29, 0.717) is 24.8 Å². The molecule has 118 valence electrons. The quantitative estimate of drug-likeness (QED) is 0.888. The van der Waals surface area contributed by atoms with Crippen LogP contribution >= 0.6 is 0 Å². The van der Waals surface area contributed by atoms with Crippen LogP contribution in [0.15, 0.2) is 24.3 Å². The average molecular weight is 302 g/mol. The number of benzene rings is 1. The van der Waals surface area contributed by atoms with Crippen molar-refractivity contribution in [3.63, 3.8) is 0 Å². The molecular formula is C16H22N4O2. The molecule has 0 bridgehead atoms. The molecule has 6 heteroatoms. The molecule has 0 unspecified atom stereocenters. The zero-order chi connectivity index (χ0) is 16.2. The van der Waals surface area contributed by atoms with Crippen molar-refractivity contribution in [1.29, 1.82) is 0 Å². The summed E-state index contributed by atoms with van der Waals surface area (Å²) in [7, 11) is 0. The van der Waals surface area contributed by atoms with E-state index in [-0.39, 0.29) is 11.3 Å². The number of aromatic amines is 1. The lowest BCUT2D eigenvalue weighted by Crippen LogP contribution is -2.19. The summed E-state index contributed by atoms with van der Waals surface area (Å²) in [6.07, 6.45) is 0. The second kappa shape index (κ2) is 6.60. The minimum atomic E-state index is -0.110. The minimum Gasteiger partial charge on any atom is -0.486 e. The summed E-state index contributed by atoms with van der Waals surface area (Å²) in [5.41, 5.74) is 1.39. The van der Waals surface area contributed by atoms with E-state index in [1.807, 2.05) is 12.1 Å². The summed E-state index contributed by atoms with van der Waals surface area (Å²) in [6.45, 7) is 8.60. The van der Waals surface area contributed by atoms with Gasteiger partial charge in [-0.2, -0.15) is 5.10 Å². The van der Waals surface area contributed by atoms with Crippen LogP contribution in [0.1, 0.15) is 44.9 Å². The number of nitrogens with zero attached hydrogens (tertiary/aromatic N) is 2. The molecule has 1 aromatic carbocycles. The van der Waals surface area contributed by atoms with Crippen LogP contribution in [-0.4, -0.2) is 21.1 Å². The SMILES string of the molecule is CC(=O)NCc1n[nH]c(COc2ccc(C(C)(C)C)cc2)n1. The molecule has 1 amide bonds. The van der Waals surface area contributed by atoms with Gasteiger partial charge in [-0.25, -0.2) is 4.98 Å². The molecule has 6 nitrogen and oxygen atoms in total. The Hall–Kier alpha value is -2.37. The first-order valence-electron chi connectivity index (χ1n) is 7.22. The molecule has 0 spiro atoms. The fourth-order valence-electron chi connectivity index (χ4n) is 1.88. The van der Waals surface area contributed by atoms with Crippen molar-refractivity contribution >= 4 is 5.91 Å². The Kier molecular flexibility index (Phi) is 4.80. The third kappa shape index (κ3) is 4.58. The largest absolute Gasteiger partial charge is 0.486 e. The van der Waals surface area contributed by atoms with E-state index >= 15 is 0 Å². The van der Waals surface area contributed by atoms with Crippen molar-refractivity contribution in [2.24, 2.45) is 0 Å². The predicted molar refractivity (Wildman–Crippen MR) is 83.4 cm³/mol. The molecule has 0 saturated heterocycles. The Bertz CT molecular complexity index is 626. The van der Waals surface area contributed by atoms with Crippen LogP contribution in [0.4, 0.5) is 0 Å². The Balaban J connectivity index is 1.89. The van der Waals surface area contributed by atoms with E-state index in [9.17, 15) is 4.79 Å². The number of rotatable bonds is 5. The molecule has 0 aliphatic carbocycles. The van der Waals surface area contributed by atoms with Crippen LogP contribution < -0.4 is 10.1 Å². The second-order valence-corrected chi connectivity index (χ2v) is 6.17. The number of hydrogen-bond acceptors (Lipinski definition) is 4. The number of nitrogens with one attached hydrogen (secondary N) is 2. The van der Waals surface area contributed by atoms with E-state index in [0.717, 1.165) is 5.75 Å². The molecule has 22 heavy (non-hydrogen) atoms. The lowest BCUT2D eigenvalue weighted by Gasteiger charge is -2.19. The molecule has 0 saturated carbocycles. The lowest BCUT2D eigenvalue weighted by molar-refractivity contribution is -0.119. The van der Waals surface area contributed by atoms with Crippen molar-refractivity contribution in [3.05, 3.63) is 41.5 Å². The highest BCUT2D eigenvalue weighted by Gasteiger charge is 2.13. The molecule has 1 heterocycles. The Morgan fingerprint density at radius 1 is 1.27 bits per heavy atom. The molecule has 1 aromatic heterocycles. The van der Waals surface area contributed by atoms with Gasteiger partial charge < -0.3 is 10.1 Å². The summed E-state index contributed by atoms with van der Waals surface area (Å²) < 4.78 is 5.68. The predicted octanol–water partition coefficient (Wildman–Crippen LogP) is 2.32. The van der Waals surface area contributed by atoms with Crippen LogP contribution in [0.2, 0.25) is 0 Å².